The van der Waals surface area contributed by atoms with Crippen LogP contribution in [-0.2, 0) is 22.6 Å². The Bertz CT molecular complexity index is 1390. The van der Waals surface area contributed by atoms with Crippen LogP contribution in [0.25, 0.3) is 16.8 Å². The van der Waals surface area contributed by atoms with Crippen LogP contribution in [0.2, 0.25) is 0 Å². The molecule has 0 spiro atoms. The van der Waals surface area contributed by atoms with Crippen molar-refractivity contribution in [3.63, 3.8) is 0 Å². The van der Waals surface area contributed by atoms with Gasteiger partial charge in [0.05, 0.1) is 24.6 Å². The molecule has 4 heterocycles. The number of piperazine rings is 1. The predicted molar refractivity (Wildman–Crippen MR) is 149 cm³/mol. The lowest BCUT2D eigenvalue weighted by Crippen LogP contribution is -2.50. The van der Waals surface area contributed by atoms with Crippen LogP contribution in [-0.4, -0.2) is 83.5 Å². The number of benzene rings is 2. The molecular weight excluding hydrogens is 513 g/mol. The van der Waals surface area contributed by atoms with Crippen LogP contribution in [0, 0.1) is 5.82 Å². The molecule has 3 aromatic rings. The highest BCUT2D eigenvalue weighted by Gasteiger charge is 2.27. The molecule has 3 aliphatic heterocycles. The molecule has 0 unspecified atom stereocenters. The van der Waals surface area contributed by atoms with Crippen molar-refractivity contribution in [1.29, 1.82) is 0 Å². The molecule has 0 saturated carbocycles. The first-order valence-electron chi connectivity index (χ1n) is 13.9. The van der Waals surface area contributed by atoms with Crippen LogP contribution in [0.1, 0.15) is 32.3 Å². The van der Waals surface area contributed by atoms with Crippen molar-refractivity contribution >= 4 is 11.8 Å². The number of fused-ring (bicyclic) bond motifs is 3. The summed E-state index contributed by atoms with van der Waals surface area (Å²) >= 11 is 0. The van der Waals surface area contributed by atoms with Gasteiger partial charge in [0, 0.05) is 63.3 Å². The average molecular weight is 550 g/mol. The molecule has 0 N–H and O–H groups in total. The van der Waals surface area contributed by atoms with E-state index in [0.29, 0.717) is 44.1 Å². The second-order valence-corrected chi connectivity index (χ2v) is 11.5. The minimum atomic E-state index is -0.526. The summed E-state index contributed by atoms with van der Waals surface area (Å²) in [7, 11) is 0. The second kappa shape index (κ2) is 10.7. The number of anilines is 1. The highest BCUT2D eigenvalue weighted by atomic mass is 19.1. The Morgan fingerprint density at radius 1 is 1.02 bits per heavy atom. The first-order chi connectivity index (χ1) is 19.2. The third-order valence-electron chi connectivity index (χ3n) is 7.45. The predicted octanol–water partition coefficient (Wildman–Crippen LogP) is 4.46. The molecule has 0 radical (unpaired) electrons. The topological polar surface area (TPSA) is 72.3 Å². The molecule has 212 valence electrons. The molecule has 1 aromatic heterocycles. The average Bonchev–Trinajstić information content (AvgIpc) is 3.35. The quantitative estimate of drug-likeness (QED) is 0.476. The van der Waals surface area contributed by atoms with Crippen LogP contribution < -0.4 is 9.64 Å². The third kappa shape index (κ3) is 5.64. The molecule has 1 amide bonds. The molecule has 6 rings (SSSR count). The van der Waals surface area contributed by atoms with E-state index in [-0.39, 0.29) is 11.9 Å². The van der Waals surface area contributed by atoms with E-state index in [4.69, 9.17) is 19.2 Å². The largest absolute Gasteiger partial charge is 0.483 e. The highest BCUT2D eigenvalue weighted by molar-refractivity contribution is 5.72. The van der Waals surface area contributed by atoms with Crippen LogP contribution in [0.5, 0.6) is 5.75 Å². The van der Waals surface area contributed by atoms with E-state index in [1.54, 1.807) is 11.0 Å². The number of nitrogens with zero attached hydrogens (tertiary/aromatic N) is 5. The molecule has 0 aliphatic carbocycles. The summed E-state index contributed by atoms with van der Waals surface area (Å²) in [6, 6.07) is 11.1. The van der Waals surface area contributed by atoms with Crippen molar-refractivity contribution in [3.8, 4) is 22.6 Å². The van der Waals surface area contributed by atoms with Crippen LogP contribution >= 0.6 is 0 Å². The Labute approximate surface area is 234 Å². The summed E-state index contributed by atoms with van der Waals surface area (Å²) in [5.41, 5.74) is 3.47. The molecule has 3 aliphatic rings. The van der Waals surface area contributed by atoms with E-state index in [2.05, 4.69) is 20.6 Å². The molecule has 2 fully saturated rings. The summed E-state index contributed by atoms with van der Waals surface area (Å²) in [5, 5.41) is 0. The van der Waals surface area contributed by atoms with Gasteiger partial charge in [0.1, 0.15) is 23.8 Å². The zero-order valence-electron chi connectivity index (χ0n) is 23.4. The van der Waals surface area contributed by atoms with Crippen molar-refractivity contribution in [2.45, 2.75) is 39.5 Å². The zero-order chi connectivity index (χ0) is 27.9. The van der Waals surface area contributed by atoms with Gasteiger partial charge >= 0.3 is 6.09 Å². The number of halogens is 1. The number of ether oxygens (including phenoxy) is 3. The number of amides is 1. The number of hydrogen-bond acceptors (Lipinski definition) is 7. The Kier molecular flexibility index (Phi) is 7.14. The van der Waals surface area contributed by atoms with E-state index >= 15 is 4.39 Å². The minimum Gasteiger partial charge on any atom is -0.483 e. The Morgan fingerprint density at radius 3 is 2.52 bits per heavy atom. The van der Waals surface area contributed by atoms with Crippen LogP contribution in [0.4, 0.5) is 14.9 Å². The first-order valence-corrected chi connectivity index (χ1v) is 13.9. The molecule has 10 heteroatoms. The second-order valence-electron chi connectivity index (χ2n) is 11.5. The Balaban J connectivity index is 1.14. The van der Waals surface area contributed by atoms with E-state index in [9.17, 15) is 4.79 Å². The maximum atomic E-state index is 15.4. The van der Waals surface area contributed by atoms with E-state index in [1.807, 2.05) is 51.1 Å². The highest BCUT2D eigenvalue weighted by Crippen LogP contribution is 2.36. The van der Waals surface area contributed by atoms with Gasteiger partial charge in [-0.3, -0.25) is 9.47 Å². The van der Waals surface area contributed by atoms with Gasteiger partial charge in [0.15, 0.2) is 5.82 Å². The Hall–Kier alpha value is -3.63. The molecule has 2 saturated heterocycles. The zero-order valence-corrected chi connectivity index (χ0v) is 23.4. The number of carbonyl (C=O) groups is 1. The fraction of sp³-hybridized carbons (Fsp3) is 0.467. The smallest absolute Gasteiger partial charge is 0.410 e. The van der Waals surface area contributed by atoms with Crippen molar-refractivity contribution in [3.05, 3.63) is 59.9 Å². The van der Waals surface area contributed by atoms with Gasteiger partial charge in [-0.25, -0.2) is 14.2 Å². The van der Waals surface area contributed by atoms with E-state index < -0.39 is 5.60 Å². The van der Waals surface area contributed by atoms with Gasteiger partial charge in [-0.05, 0) is 56.7 Å². The molecule has 9 nitrogen and oxygen atoms in total. The number of hydrogen-bond donors (Lipinski definition) is 0. The summed E-state index contributed by atoms with van der Waals surface area (Å²) in [6.45, 7) is 12.4. The monoisotopic (exact) mass is 549 g/mol. The summed E-state index contributed by atoms with van der Waals surface area (Å²) in [5.74, 6) is 1.28. The maximum absolute atomic E-state index is 15.4. The van der Waals surface area contributed by atoms with Gasteiger partial charge in [-0.1, -0.05) is 6.07 Å². The fourth-order valence-electron chi connectivity index (χ4n) is 5.39. The standard InChI is InChI=1S/C30H36FN5O4/c1-30(2,3)40-29(37)35-10-8-34(9-11-35)23-5-6-24(25(31)17-23)21-4-7-26-27(16-21)39-20-28-32-22(19-36(26)28)18-33-12-14-38-15-13-33/h4-7,16-17,19H,8-15,18,20H2,1-3H3. The minimum absolute atomic E-state index is 0.293. The number of imidazole rings is 1. The van der Waals surface area contributed by atoms with Gasteiger partial charge in [0.25, 0.3) is 0 Å². The van der Waals surface area contributed by atoms with Gasteiger partial charge in [-0.2, -0.15) is 0 Å². The summed E-state index contributed by atoms with van der Waals surface area (Å²) < 4.78 is 34.4. The summed E-state index contributed by atoms with van der Waals surface area (Å²) in [4.78, 5) is 23.3. The van der Waals surface area contributed by atoms with Gasteiger partial charge in [0.2, 0.25) is 0 Å². The van der Waals surface area contributed by atoms with Crippen LogP contribution in [0.3, 0.4) is 0 Å². The third-order valence-corrected chi connectivity index (χ3v) is 7.45. The van der Waals surface area contributed by atoms with Gasteiger partial charge < -0.3 is 24.0 Å². The Morgan fingerprint density at radius 2 is 1.80 bits per heavy atom. The molecular formula is C30H36FN5O4. The number of morpholine rings is 1. The van der Waals surface area contributed by atoms with Crippen molar-refractivity contribution in [2.24, 2.45) is 0 Å². The van der Waals surface area contributed by atoms with E-state index in [0.717, 1.165) is 61.3 Å². The molecule has 2 aromatic carbocycles. The maximum Gasteiger partial charge on any atom is 0.410 e. The van der Waals surface area contributed by atoms with Crippen LogP contribution in [0.15, 0.2) is 42.6 Å². The van der Waals surface area contributed by atoms with Crippen molar-refractivity contribution < 1.29 is 23.4 Å². The number of rotatable bonds is 4. The van der Waals surface area contributed by atoms with Crippen molar-refractivity contribution in [2.75, 3.05) is 57.4 Å². The van der Waals surface area contributed by atoms with Crippen molar-refractivity contribution in [1.82, 2.24) is 19.4 Å². The molecule has 0 atom stereocenters. The molecule has 0 bridgehead atoms. The number of aromatic nitrogens is 2. The lowest BCUT2D eigenvalue weighted by molar-refractivity contribution is 0.0240. The SMILES string of the molecule is CC(C)(C)OC(=O)N1CCN(c2ccc(-c3ccc4c(c3)OCc3nc(CN5CCOCC5)cn3-4)c(F)c2)CC1. The normalized spacial score (nSPS) is 17.7. The lowest BCUT2D eigenvalue weighted by Gasteiger charge is -2.36. The van der Waals surface area contributed by atoms with Gasteiger partial charge in [-0.15, -0.1) is 0 Å². The van der Waals surface area contributed by atoms with E-state index in [1.165, 1.54) is 0 Å². The molecule has 40 heavy (non-hydrogen) atoms. The fourth-order valence-corrected chi connectivity index (χ4v) is 5.39. The first kappa shape index (κ1) is 26.6. The lowest BCUT2D eigenvalue weighted by atomic mass is 10.0. The summed E-state index contributed by atoms with van der Waals surface area (Å²) in [6.07, 6.45) is 1.77. The number of carbonyl (C=O) groups excluding carboxylic acids is 1.